The number of ether oxygens (including phenoxy) is 6. The van der Waals surface area contributed by atoms with Gasteiger partial charge in [0.2, 0.25) is 12.4 Å². The molecule has 1 aliphatic rings. The Morgan fingerprint density at radius 2 is 1.42 bits per heavy atom. The van der Waals surface area contributed by atoms with Gasteiger partial charge in [-0.3, -0.25) is 28.8 Å². The molecule has 6 atom stereocenters. The Hall–Kier alpha value is -4.20. The molecule has 6 unspecified atom stereocenters. The number of carbonyl (C=O) groups excluding carboxylic acids is 5. The fourth-order valence-electron chi connectivity index (χ4n) is 3.50. The molecule has 1 aromatic carbocycles. The molecule has 14 nitrogen and oxygen atoms in total. The highest BCUT2D eigenvalue weighted by molar-refractivity contribution is 5.98. The van der Waals surface area contributed by atoms with Crippen LogP contribution in [0.2, 0.25) is 0 Å². The van der Waals surface area contributed by atoms with Crippen LogP contribution >= 0.6 is 0 Å². The van der Waals surface area contributed by atoms with Crippen LogP contribution in [0.4, 0.5) is 0 Å². The third kappa shape index (κ3) is 8.44. The van der Waals surface area contributed by atoms with E-state index in [9.17, 15) is 28.8 Å². The Morgan fingerprint density at radius 1 is 0.868 bits per heavy atom. The number of para-hydroxylation sites is 1. The van der Waals surface area contributed by atoms with Gasteiger partial charge in [0.25, 0.3) is 5.91 Å². The highest BCUT2D eigenvalue weighted by atomic mass is 16.7. The summed E-state index contributed by atoms with van der Waals surface area (Å²) in [6, 6.07) is 4.51. The lowest BCUT2D eigenvalue weighted by Crippen LogP contribution is -2.63. The number of nitrogens with one attached hydrogen (secondary N) is 1. The second-order valence-corrected chi connectivity index (χ2v) is 8.22. The maximum absolute atomic E-state index is 12.7. The van der Waals surface area contributed by atoms with Crippen molar-refractivity contribution in [1.29, 1.82) is 0 Å². The number of carboxylic acids is 1. The number of hydrogen-bond acceptors (Lipinski definition) is 12. The van der Waals surface area contributed by atoms with Crippen molar-refractivity contribution < 1.29 is 62.3 Å². The van der Waals surface area contributed by atoms with Gasteiger partial charge in [-0.1, -0.05) is 12.1 Å². The van der Waals surface area contributed by atoms with Crippen LogP contribution in [0.25, 0.3) is 0 Å². The lowest BCUT2D eigenvalue weighted by molar-refractivity contribution is -0.288. The summed E-state index contributed by atoms with van der Waals surface area (Å²) < 4.78 is 32.7. The predicted molar refractivity (Wildman–Crippen MR) is 124 cm³/mol. The summed E-state index contributed by atoms with van der Waals surface area (Å²) in [6.45, 7) is 5.17. The molecule has 1 saturated heterocycles. The fourth-order valence-corrected chi connectivity index (χ4v) is 3.50. The minimum atomic E-state index is -1.57. The molecule has 1 heterocycles. The Bertz CT molecular complexity index is 1070. The molecule has 0 aromatic heterocycles. The van der Waals surface area contributed by atoms with Gasteiger partial charge >= 0.3 is 29.8 Å². The highest BCUT2D eigenvalue weighted by Gasteiger charge is 2.53. The molecule has 2 rings (SSSR count). The molecule has 0 aliphatic carbocycles. The Balaban J connectivity index is 2.51. The van der Waals surface area contributed by atoms with E-state index in [-0.39, 0.29) is 11.3 Å². The zero-order valence-electron chi connectivity index (χ0n) is 21.3. The smallest absolute Gasteiger partial charge is 0.325 e. The van der Waals surface area contributed by atoms with E-state index in [0.717, 1.165) is 27.7 Å². The van der Waals surface area contributed by atoms with Crippen molar-refractivity contribution in [2.75, 3.05) is 6.61 Å². The molecule has 1 aliphatic heterocycles. The minimum absolute atomic E-state index is 0.0894. The van der Waals surface area contributed by atoms with E-state index in [1.807, 2.05) is 0 Å². The largest absolute Gasteiger partial charge is 0.480 e. The zero-order chi connectivity index (χ0) is 28.6. The van der Waals surface area contributed by atoms with Crippen molar-refractivity contribution in [3.63, 3.8) is 0 Å². The molecule has 1 amide bonds. The second kappa shape index (κ2) is 13.4. The third-order valence-corrected chi connectivity index (χ3v) is 5.04. The summed E-state index contributed by atoms with van der Waals surface area (Å²) in [4.78, 5) is 71.1. The number of amides is 1. The van der Waals surface area contributed by atoms with Gasteiger partial charge in [-0.15, -0.1) is 0 Å². The van der Waals surface area contributed by atoms with Crippen molar-refractivity contribution in [3.05, 3.63) is 29.8 Å². The molecular formula is C24H29NO13. The first kappa shape index (κ1) is 30.0. The van der Waals surface area contributed by atoms with Crippen LogP contribution in [0.5, 0.6) is 5.75 Å². The zero-order valence-corrected chi connectivity index (χ0v) is 21.3. The summed E-state index contributed by atoms with van der Waals surface area (Å²) in [5.74, 6) is -5.29. The molecule has 1 aromatic rings. The quantitative estimate of drug-likeness (QED) is 0.306. The van der Waals surface area contributed by atoms with Crippen molar-refractivity contribution in [2.24, 2.45) is 0 Å². The van der Waals surface area contributed by atoms with Crippen LogP contribution in [0.1, 0.15) is 45.0 Å². The number of hydrogen-bond donors (Lipinski definition) is 2. The third-order valence-electron chi connectivity index (χ3n) is 5.04. The minimum Gasteiger partial charge on any atom is -0.480 e. The molecule has 0 spiro atoms. The SMILES string of the molecule is CC(=O)OCC1OC(Oc2ccccc2C(=O)NC(C)C(=O)O)C(OC(C)=O)C(OC(C)=O)C1OC(C)=O. The van der Waals surface area contributed by atoms with Crippen molar-refractivity contribution >= 4 is 35.8 Å². The molecule has 2 N–H and O–H groups in total. The van der Waals surface area contributed by atoms with Gasteiger partial charge < -0.3 is 38.8 Å². The summed E-state index contributed by atoms with van der Waals surface area (Å²) in [5.41, 5.74) is -0.0894. The van der Waals surface area contributed by atoms with Gasteiger partial charge in [0, 0.05) is 27.7 Å². The maximum atomic E-state index is 12.7. The van der Waals surface area contributed by atoms with E-state index >= 15 is 0 Å². The molecule has 0 bridgehead atoms. The van der Waals surface area contributed by atoms with E-state index < -0.39 is 79.1 Å². The first-order chi connectivity index (χ1) is 17.8. The molecule has 38 heavy (non-hydrogen) atoms. The van der Waals surface area contributed by atoms with Gasteiger partial charge in [0.15, 0.2) is 12.2 Å². The fraction of sp³-hybridized carbons (Fsp3) is 0.500. The standard InChI is InChI=1S/C24H29NO13/c1-11(23(31)32)25-22(30)16-8-6-7-9-17(16)37-24-21(36-15(5)29)20(35-14(4)28)19(34-13(3)27)18(38-24)10-33-12(2)26/h6-9,11,18-21,24H,10H2,1-5H3,(H,25,30)(H,31,32). The van der Waals surface area contributed by atoms with Gasteiger partial charge in [0.1, 0.15) is 24.5 Å². The van der Waals surface area contributed by atoms with Crippen LogP contribution in [0, 0.1) is 0 Å². The number of aliphatic carboxylic acids is 1. The van der Waals surface area contributed by atoms with E-state index in [1.54, 1.807) is 0 Å². The molecule has 14 heteroatoms. The van der Waals surface area contributed by atoms with E-state index in [1.165, 1.54) is 31.2 Å². The summed E-state index contributed by atoms with van der Waals surface area (Å²) >= 11 is 0. The van der Waals surface area contributed by atoms with E-state index in [4.69, 9.17) is 33.5 Å². The topological polar surface area (TPSA) is 190 Å². The van der Waals surface area contributed by atoms with E-state index in [2.05, 4.69) is 5.32 Å². The van der Waals surface area contributed by atoms with Gasteiger partial charge in [-0.25, -0.2) is 0 Å². The monoisotopic (exact) mass is 539 g/mol. The highest BCUT2D eigenvalue weighted by Crippen LogP contribution is 2.32. The maximum Gasteiger partial charge on any atom is 0.325 e. The normalized spacial score (nSPS) is 23.2. The lowest BCUT2D eigenvalue weighted by Gasteiger charge is -2.44. The van der Waals surface area contributed by atoms with Crippen LogP contribution in [-0.2, 0) is 47.7 Å². The Kier molecular flexibility index (Phi) is 10.6. The average Bonchev–Trinajstić information content (AvgIpc) is 2.80. The first-order valence-corrected chi connectivity index (χ1v) is 11.4. The van der Waals surface area contributed by atoms with Crippen LogP contribution in [-0.4, -0.2) is 84.2 Å². The van der Waals surface area contributed by atoms with Crippen molar-refractivity contribution in [1.82, 2.24) is 5.32 Å². The molecule has 0 radical (unpaired) electrons. The number of carbonyl (C=O) groups is 6. The predicted octanol–water partition coefficient (Wildman–Crippen LogP) is 0.351. The van der Waals surface area contributed by atoms with Crippen molar-refractivity contribution in [2.45, 2.75) is 71.4 Å². The molecule has 1 fully saturated rings. The van der Waals surface area contributed by atoms with Crippen molar-refractivity contribution in [3.8, 4) is 5.75 Å². The van der Waals surface area contributed by atoms with Gasteiger partial charge in [-0.05, 0) is 19.1 Å². The van der Waals surface area contributed by atoms with Crippen LogP contribution in [0.3, 0.4) is 0 Å². The van der Waals surface area contributed by atoms with Crippen LogP contribution < -0.4 is 10.1 Å². The number of rotatable bonds is 10. The van der Waals surface area contributed by atoms with Gasteiger partial charge in [0.05, 0.1) is 5.56 Å². The Morgan fingerprint density at radius 3 is 1.97 bits per heavy atom. The molecule has 208 valence electrons. The van der Waals surface area contributed by atoms with Crippen LogP contribution in [0.15, 0.2) is 24.3 Å². The number of carboxylic acid groups (broad SMARTS) is 1. The first-order valence-electron chi connectivity index (χ1n) is 11.4. The summed E-state index contributed by atoms with van der Waals surface area (Å²) in [5, 5.41) is 11.4. The molecular weight excluding hydrogens is 510 g/mol. The Labute approximate surface area is 217 Å². The number of esters is 4. The summed E-state index contributed by atoms with van der Waals surface area (Å²) in [7, 11) is 0. The lowest BCUT2D eigenvalue weighted by atomic mass is 9.98. The molecule has 0 saturated carbocycles. The summed E-state index contributed by atoms with van der Waals surface area (Å²) in [6.07, 6.45) is -7.18. The second-order valence-electron chi connectivity index (χ2n) is 8.22. The average molecular weight is 539 g/mol. The number of benzene rings is 1. The van der Waals surface area contributed by atoms with Gasteiger partial charge in [-0.2, -0.15) is 0 Å². The van der Waals surface area contributed by atoms with E-state index in [0.29, 0.717) is 0 Å².